The second-order valence-electron chi connectivity index (χ2n) is 10.7. The van der Waals surface area contributed by atoms with Crippen molar-refractivity contribution >= 4 is 11.7 Å². The van der Waals surface area contributed by atoms with Crippen molar-refractivity contribution in [3.63, 3.8) is 0 Å². The number of hydrogen-bond acceptors (Lipinski definition) is 5. The molecular weight excluding hydrogens is 493 g/mol. The third-order valence-corrected chi connectivity index (χ3v) is 8.19. The van der Waals surface area contributed by atoms with Gasteiger partial charge in [0.2, 0.25) is 0 Å². The third-order valence-electron chi connectivity index (χ3n) is 8.19. The quantitative estimate of drug-likeness (QED) is 0.349. The summed E-state index contributed by atoms with van der Waals surface area (Å²) in [5.41, 5.74) is 3.36. The van der Waals surface area contributed by atoms with E-state index in [4.69, 9.17) is 4.74 Å². The summed E-state index contributed by atoms with van der Waals surface area (Å²) < 4.78 is 18.4. The number of aromatic nitrogens is 1. The number of Topliss-reactive ketones (excluding diaryl/α,β-unsaturated/α-hetero) is 1. The fourth-order valence-electron chi connectivity index (χ4n) is 5.76. The Hall–Kier alpha value is -3.58. The predicted octanol–water partition coefficient (Wildman–Crippen LogP) is 5.73. The molecule has 7 heteroatoms. The number of benzene rings is 2. The lowest BCUT2D eigenvalue weighted by molar-refractivity contribution is 0.0622. The number of amides is 1. The van der Waals surface area contributed by atoms with Gasteiger partial charge >= 0.3 is 0 Å². The fourth-order valence-corrected chi connectivity index (χ4v) is 5.76. The molecular formula is C32H36FN3O3. The van der Waals surface area contributed by atoms with Crippen molar-refractivity contribution in [1.82, 2.24) is 14.8 Å². The minimum atomic E-state index is -0.234. The van der Waals surface area contributed by atoms with Gasteiger partial charge in [0.05, 0.1) is 7.11 Å². The number of ether oxygens (including phenoxy) is 1. The van der Waals surface area contributed by atoms with Crippen molar-refractivity contribution < 1.29 is 18.7 Å². The standard InChI is InChI=1S/C32H36FN3O3/c1-39-29-13-8-26(9-14-29)25-6-2-23(3-7-25)20-31(37)27-10-15-30(34-21-27)32(38)36-18-16-35(17-19-36)22-24-4-11-28(33)12-5-24/h4-5,8-15,21,23,25H,2-3,6-7,16-20,22H2,1H3. The van der Waals surface area contributed by atoms with Gasteiger partial charge < -0.3 is 9.64 Å². The lowest BCUT2D eigenvalue weighted by Crippen LogP contribution is -2.48. The van der Waals surface area contributed by atoms with Crippen molar-refractivity contribution in [2.75, 3.05) is 33.3 Å². The minimum Gasteiger partial charge on any atom is -0.497 e. The van der Waals surface area contributed by atoms with Gasteiger partial charge in [0.1, 0.15) is 17.3 Å². The first-order chi connectivity index (χ1) is 19.0. The number of ketones is 1. The molecule has 204 valence electrons. The molecule has 0 unspecified atom stereocenters. The van der Waals surface area contributed by atoms with E-state index in [-0.39, 0.29) is 17.5 Å². The van der Waals surface area contributed by atoms with Gasteiger partial charge in [0.25, 0.3) is 5.91 Å². The van der Waals surface area contributed by atoms with E-state index in [9.17, 15) is 14.0 Å². The van der Waals surface area contributed by atoms with Gasteiger partial charge in [-0.3, -0.25) is 19.5 Å². The summed E-state index contributed by atoms with van der Waals surface area (Å²) in [4.78, 5) is 34.4. The Bertz CT molecular complexity index is 1250. The van der Waals surface area contributed by atoms with Crippen LogP contribution in [0.2, 0.25) is 0 Å². The average molecular weight is 530 g/mol. The number of carbonyl (C=O) groups is 2. The third kappa shape index (κ3) is 6.90. The van der Waals surface area contributed by atoms with Crippen molar-refractivity contribution in [3.05, 3.63) is 95.1 Å². The SMILES string of the molecule is COc1ccc(C2CCC(CC(=O)c3ccc(C(=O)N4CCN(Cc5ccc(F)cc5)CC4)nc3)CC2)cc1. The van der Waals surface area contributed by atoms with Gasteiger partial charge in [-0.15, -0.1) is 0 Å². The van der Waals surface area contributed by atoms with Crippen molar-refractivity contribution in [1.29, 1.82) is 0 Å². The van der Waals surface area contributed by atoms with Crippen LogP contribution in [0.4, 0.5) is 4.39 Å². The van der Waals surface area contributed by atoms with Crippen LogP contribution < -0.4 is 4.74 Å². The van der Waals surface area contributed by atoms with Gasteiger partial charge in [-0.1, -0.05) is 24.3 Å². The van der Waals surface area contributed by atoms with Crippen LogP contribution in [-0.4, -0.2) is 59.8 Å². The molecule has 1 amide bonds. The van der Waals surface area contributed by atoms with Crippen LogP contribution >= 0.6 is 0 Å². The first-order valence-electron chi connectivity index (χ1n) is 13.9. The molecule has 5 rings (SSSR count). The monoisotopic (exact) mass is 529 g/mol. The topological polar surface area (TPSA) is 62.7 Å². The van der Waals surface area contributed by atoms with Crippen LogP contribution in [-0.2, 0) is 6.54 Å². The summed E-state index contributed by atoms with van der Waals surface area (Å²) in [5.74, 6) is 1.57. The predicted molar refractivity (Wildman–Crippen MR) is 148 cm³/mol. The normalized spacial score (nSPS) is 20.0. The molecule has 0 radical (unpaired) electrons. The van der Waals surface area contributed by atoms with E-state index in [1.165, 1.54) is 17.7 Å². The summed E-state index contributed by atoms with van der Waals surface area (Å²) in [6.45, 7) is 3.46. The van der Waals surface area contributed by atoms with Crippen LogP contribution in [0.25, 0.3) is 0 Å². The number of halogens is 1. The molecule has 1 saturated carbocycles. The molecule has 2 heterocycles. The second-order valence-corrected chi connectivity index (χ2v) is 10.7. The summed E-state index contributed by atoms with van der Waals surface area (Å²) in [7, 11) is 1.68. The van der Waals surface area contributed by atoms with E-state index in [1.54, 1.807) is 37.6 Å². The first-order valence-corrected chi connectivity index (χ1v) is 13.9. The fraction of sp³-hybridized carbons (Fsp3) is 0.406. The van der Waals surface area contributed by atoms with E-state index in [0.717, 1.165) is 56.6 Å². The molecule has 3 aromatic rings. The van der Waals surface area contributed by atoms with E-state index in [1.807, 2.05) is 17.0 Å². The smallest absolute Gasteiger partial charge is 0.272 e. The van der Waals surface area contributed by atoms with Gasteiger partial charge in [-0.2, -0.15) is 0 Å². The second kappa shape index (κ2) is 12.5. The Morgan fingerprint density at radius 3 is 2.21 bits per heavy atom. The zero-order valence-corrected chi connectivity index (χ0v) is 22.5. The summed E-state index contributed by atoms with van der Waals surface area (Å²) in [5, 5.41) is 0. The van der Waals surface area contributed by atoms with Crippen molar-refractivity contribution in [2.24, 2.45) is 5.92 Å². The van der Waals surface area contributed by atoms with E-state index >= 15 is 0 Å². The van der Waals surface area contributed by atoms with E-state index in [0.29, 0.717) is 42.6 Å². The molecule has 0 atom stereocenters. The summed E-state index contributed by atoms with van der Waals surface area (Å²) in [6.07, 6.45) is 6.35. The molecule has 1 aliphatic carbocycles. The molecule has 2 fully saturated rings. The zero-order valence-electron chi connectivity index (χ0n) is 22.5. The molecule has 1 aromatic heterocycles. The summed E-state index contributed by atoms with van der Waals surface area (Å²) >= 11 is 0. The van der Waals surface area contributed by atoms with Gasteiger partial charge in [0, 0.05) is 50.9 Å². The Balaban J connectivity index is 1.07. The molecule has 0 bridgehead atoms. The summed E-state index contributed by atoms with van der Waals surface area (Å²) in [6, 6.07) is 18.3. The minimum absolute atomic E-state index is 0.101. The van der Waals surface area contributed by atoms with Crippen LogP contribution in [0.1, 0.15) is 70.0 Å². The van der Waals surface area contributed by atoms with Crippen molar-refractivity contribution in [2.45, 2.75) is 44.6 Å². The molecule has 2 aliphatic rings. The Morgan fingerprint density at radius 2 is 1.59 bits per heavy atom. The average Bonchev–Trinajstić information content (AvgIpc) is 2.99. The van der Waals surface area contributed by atoms with Gasteiger partial charge in [-0.25, -0.2) is 4.39 Å². The number of carbonyl (C=O) groups excluding carboxylic acids is 2. The largest absolute Gasteiger partial charge is 0.497 e. The number of rotatable bonds is 8. The number of hydrogen-bond donors (Lipinski definition) is 0. The van der Waals surface area contributed by atoms with Crippen LogP contribution in [0, 0.1) is 11.7 Å². The lowest BCUT2D eigenvalue weighted by Gasteiger charge is -2.34. The van der Waals surface area contributed by atoms with Gasteiger partial charge in [0.15, 0.2) is 5.78 Å². The van der Waals surface area contributed by atoms with E-state index < -0.39 is 0 Å². The lowest BCUT2D eigenvalue weighted by atomic mass is 9.77. The Labute approximate surface area is 229 Å². The highest BCUT2D eigenvalue weighted by Crippen LogP contribution is 2.38. The zero-order chi connectivity index (χ0) is 27.2. The maximum absolute atomic E-state index is 13.1. The number of nitrogens with zero attached hydrogens (tertiary/aromatic N) is 3. The van der Waals surface area contributed by atoms with Crippen LogP contribution in [0.3, 0.4) is 0 Å². The number of piperazine rings is 1. The molecule has 1 saturated heterocycles. The number of methoxy groups -OCH3 is 1. The number of pyridine rings is 1. The van der Waals surface area contributed by atoms with Crippen LogP contribution in [0.5, 0.6) is 5.75 Å². The highest BCUT2D eigenvalue weighted by Gasteiger charge is 2.26. The highest BCUT2D eigenvalue weighted by atomic mass is 19.1. The molecule has 39 heavy (non-hydrogen) atoms. The Morgan fingerprint density at radius 1 is 0.897 bits per heavy atom. The van der Waals surface area contributed by atoms with Crippen LogP contribution in [0.15, 0.2) is 66.9 Å². The highest BCUT2D eigenvalue weighted by molar-refractivity contribution is 5.97. The molecule has 0 N–H and O–H groups in total. The first kappa shape index (κ1) is 27.0. The Kier molecular flexibility index (Phi) is 8.67. The van der Waals surface area contributed by atoms with Crippen molar-refractivity contribution in [3.8, 4) is 5.75 Å². The maximum Gasteiger partial charge on any atom is 0.272 e. The molecule has 1 aliphatic heterocycles. The molecule has 2 aromatic carbocycles. The maximum atomic E-state index is 13.1. The molecule has 0 spiro atoms. The molecule has 6 nitrogen and oxygen atoms in total. The van der Waals surface area contributed by atoms with E-state index in [2.05, 4.69) is 22.0 Å². The van der Waals surface area contributed by atoms with Gasteiger partial charge in [-0.05, 0) is 85.0 Å².